The van der Waals surface area contributed by atoms with Gasteiger partial charge in [-0.05, 0) is 11.6 Å². The second-order valence-electron chi connectivity index (χ2n) is 4.27. The summed E-state index contributed by atoms with van der Waals surface area (Å²) in [6, 6.07) is 0. The molecule has 1 aromatic rings. The van der Waals surface area contributed by atoms with Gasteiger partial charge in [0.15, 0.2) is 0 Å². The van der Waals surface area contributed by atoms with Gasteiger partial charge in [0.25, 0.3) is 0 Å². The first-order chi connectivity index (χ1) is 8.69. The standard InChI is InChI=1S/C10H9ClF5N3/c11-8-17-3-6-4-19(2-1-7(6)18-8)5-9(12,13)10(14,15)16/h3H,1-2,4-5H2. The van der Waals surface area contributed by atoms with Crippen molar-refractivity contribution < 1.29 is 22.0 Å². The van der Waals surface area contributed by atoms with Gasteiger partial charge in [-0.3, -0.25) is 4.90 Å². The van der Waals surface area contributed by atoms with Crippen molar-refractivity contribution in [3.8, 4) is 0 Å². The molecular formula is C10H9ClF5N3. The molecule has 19 heavy (non-hydrogen) atoms. The van der Waals surface area contributed by atoms with Crippen LogP contribution in [0.25, 0.3) is 0 Å². The van der Waals surface area contributed by atoms with Gasteiger partial charge in [0, 0.05) is 31.3 Å². The van der Waals surface area contributed by atoms with Crippen molar-refractivity contribution >= 4 is 11.6 Å². The van der Waals surface area contributed by atoms with E-state index in [1.165, 1.54) is 6.20 Å². The van der Waals surface area contributed by atoms with E-state index in [0.29, 0.717) is 11.3 Å². The Morgan fingerprint density at radius 2 is 1.95 bits per heavy atom. The first kappa shape index (κ1) is 14.4. The van der Waals surface area contributed by atoms with Gasteiger partial charge < -0.3 is 0 Å². The third kappa shape index (κ3) is 3.11. The topological polar surface area (TPSA) is 29.0 Å². The predicted molar refractivity (Wildman–Crippen MR) is 57.0 cm³/mol. The molecule has 0 saturated carbocycles. The maximum absolute atomic E-state index is 12.9. The molecule has 0 N–H and O–H groups in total. The van der Waals surface area contributed by atoms with Crippen LogP contribution in [0.5, 0.6) is 0 Å². The minimum Gasteiger partial charge on any atom is -0.292 e. The van der Waals surface area contributed by atoms with Crippen molar-refractivity contribution in [2.45, 2.75) is 25.1 Å². The predicted octanol–water partition coefficient (Wildman–Crippen LogP) is 2.69. The summed E-state index contributed by atoms with van der Waals surface area (Å²) in [5.74, 6) is -4.72. The SMILES string of the molecule is FC(F)(F)C(F)(F)CN1CCc2nc(Cl)ncc2C1. The summed E-state index contributed by atoms with van der Waals surface area (Å²) in [6.07, 6.45) is -3.92. The third-order valence-electron chi connectivity index (χ3n) is 2.82. The van der Waals surface area contributed by atoms with Crippen LogP contribution in [0.3, 0.4) is 0 Å². The lowest BCUT2D eigenvalue weighted by Gasteiger charge is -2.31. The fourth-order valence-corrected chi connectivity index (χ4v) is 2.01. The number of halogens is 6. The Morgan fingerprint density at radius 3 is 2.58 bits per heavy atom. The summed E-state index contributed by atoms with van der Waals surface area (Å²) >= 11 is 5.57. The summed E-state index contributed by atoms with van der Waals surface area (Å²) in [6.45, 7) is -1.33. The van der Waals surface area contributed by atoms with Crippen LogP contribution in [0.4, 0.5) is 22.0 Å². The zero-order valence-electron chi connectivity index (χ0n) is 9.52. The summed E-state index contributed by atoms with van der Waals surface area (Å²) in [5, 5.41) is 0.0350. The molecule has 9 heteroatoms. The molecule has 0 saturated heterocycles. The van der Waals surface area contributed by atoms with Crippen molar-refractivity contribution in [2.24, 2.45) is 0 Å². The van der Waals surface area contributed by atoms with Crippen LogP contribution in [0.2, 0.25) is 5.28 Å². The number of hydrogen-bond donors (Lipinski definition) is 0. The lowest BCUT2D eigenvalue weighted by atomic mass is 10.1. The molecule has 0 aromatic carbocycles. The molecular weight excluding hydrogens is 293 g/mol. The molecule has 0 radical (unpaired) electrons. The molecule has 2 heterocycles. The van der Waals surface area contributed by atoms with E-state index in [1.807, 2.05) is 0 Å². The number of nitrogens with zero attached hydrogens (tertiary/aromatic N) is 3. The quantitative estimate of drug-likeness (QED) is 0.621. The molecule has 0 fully saturated rings. The van der Waals surface area contributed by atoms with Crippen molar-refractivity contribution in [2.75, 3.05) is 13.1 Å². The van der Waals surface area contributed by atoms with E-state index in [1.54, 1.807) is 0 Å². The zero-order chi connectivity index (χ0) is 14.3. The Balaban J connectivity index is 2.09. The van der Waals surface area contributed by atoms with Crippen molar-refractivity contribution in [1.29, 1.82) is 0 Å². The Labute approximate surface area is 110 Å². The number of fused-ring (bicyclic) bond motifs is 1. The number of aromatic nitrogens is 2. The van der Waals surface area contributed by atoms with Crippen LogP contribution >= 0.6 is 11.6 Å². The van der Waals surface area contributed by atoms with Gasteiger partial charge in [0.05, 0.1) is 12.2 Å². The van der Waals surface area contributed by atoms with E-state index in [0.717, 1.165) is 4.90 Å². The summed E-state index contributed by atoms with van der Waals surface area (Å²) < 4.78 is 62.2. The fraction of sp³-hybridized carbons (Fsp3) is 0.600. The monoisotopic (exact) mass is 301 g/mol. The molecule has 0 bridgehead atoms. The van der Waals surface area contributed by atoms with E-state index >= 15 is 0 Å². The highest BCUT2D eigenvalue weighted by Gasteiger charge is 2.58. The van der Waals surface area contributed by atoms with Gasteiger partial charge in [-0.2, -0.15) is 22.0 Å². The Morgan fingerprint density at radius 1 is 1.26 bits per heavy atom. The average molecular weight is 302 g/mol. The highest BCUT2D eigenvalue weighted by Crippen LogP contribution is 2.36. The number of hydrogen-bond acceptors (Lipinski definition) is 3. The minimum absolute atomic E-state index is 0.0350. The fourth-order valence-electron chi connectivity index (χ4n) is 1.86. The lowest BCUT2D eigenvalue weighted by molar-refractivity contribution is -0.287. The molecule has 1 aliphatic heterocycles. The molecule has 0 atom stereocenters. The van der Waals surface area contributed by atoms with E-state index in [-0.39, 0.29) is 24.8 Å². The van der Waals surface area contributed by atoms with Crippen LogP contribution in [0, 0.1) is 0 Å². The van der Waals surface area contributed by atoms with Crippen LogP contribution in [-0.4, -0.2) is 40.1 Å². The van der Waals surface area contributed by atoms with Crippen LogP contribution in [0.15, 0.2) is 6.20 Å². The zero-order valence-corrected chi connectivity index (χ0v) is 10.3. The smallest absolute Gasteiger partial charge is 0.292 e. The van der Waals surface area contributed by atoms with Gasteiger partial charge in [0.1, 0.15) is 0 Å². The summed E-state index contributed by atoms with van der Waals surface area (Å²) in [4.78, 5) is 8.64. The highest BCUT2D eigenvalue weighted by molar-refractivity contribution is 6.28. The number of alkyl halides is 5. The van der Waals surface area contributed by atoms with Gasteiger partial charge in [0.2, 0.25) is 5.28 Å². The van der Waals surface area contributed by atoms with Crippen LogP contribution in [-0.2, 0) is 13.0 Å². The maximum Gasteiger partial charge on any atom is 0.454 e. The highest BCUT2D eigenvalue weighted by atomic mass is 35.5. The van der Waals surface area contributed by atoms with Crippen molar-refractivity contribution in [1.82, 2.24) is 14.9 Å². The second-order valence-corrected chi connectivity index (χ2v) is 4.61. The molecule has 0 unspecified atom stereocenters. The van der Waals surface area contributed by atoms with E-state index in [2.05, 4.69) is 9.97 Å². The van der Waals surface area contributed by atoms with Gasteiger partial charge >= 0.3 is 12.1 Å². The molecule has 106 valence electrons. The first-order valence-electron chi connectivity index (χ1n) is 5.36. The Kier molecular flexibility index (Phi) is 3.65. The van der Waals surface area contributed by atoms with Crippen molar-refractivity contribution in [3.63, 3.8) is 0 Å². The van der Waals surface area contributed by atoms with E-state index in [9.17, 15) is 22.0 Å². The molecule has 1 aromatic heterocycles. The van der Waals surface area contributed by atoms with Crippen LogP contribution < -0.4 is 0 Å². The summed E-state index contributed by atoms with van der Waals surface area (Å²) in [7, 11) is 0. The van der Waals surface area contributed by atoms with E-state index in [4.69, 9.17) is 11.6 Å². The van der Waals surface area contributed by atoms with E-state index < -0.39 is 18.6 Å². The molecule has 0 spiro atoms. The Bertz CT molecular complexity index is 477. The Hall–Kier alpha value is -1.02. The normalized spacial score (nSPS) is 17.4. The van der Waals surface area contributed by atoms with Gasteiger partial charge in [-0.15, -0.1) is 0 Å². The number of rotatable bonds is 2. The first-order valence-corrected chi connectivity index (χ1v) is 5.74. The third-order valence-corrected chi connectivity index (χ3v) is 3.00. The van der Waals surface area contributed by atoms with Crippen LogP contribution in [0.1, 0.15) is 11.3 Å². The second kappa shape index (κ2) is 4.82. The molecule has 0 amide bonds. The maximum atomic E-state index is 12.9. The molecule has 1 aliphatic rings. The van der Waals surface area contributed by atoms with Gasteiger partial charge in [-0.1, -0.05) is 0 Å². The minimum atomic E-state index is -5.54. The van der Waals surface area contributed by atoms with Gasteiger partial charge in [-0.25, -0.2) is 9.97 Å². The molecule has 0 aliphatic carbocycles. The largest absolute Gasteiger partial charge is 0.454 e. The van der Waals surface area contributed by atoms with Crippen molar-refractivity contribution in [3.05, 3.63) is 22.7 Å². The molecule has 3 nitrogen and oxygen atoms in total. The molecule has 2 rings (SSSR count). The lowest BCUT2D eigenvalue weighted by Crippen LogP contribution is -2.48. The average Bonchev–Trinajstić information content (AvgIpc) is 2.27. The summed E-state index contributed by atoms with van der Waals surface area (Å²) in [5.41, 5.74) is 1.11.